The molecule has 0 aromatic carbocycles. The van der Waals surface area contributed by atoms with Crippen LogP contribution in [-0.2, 0) is 0 Å². The van der Waals surface area contributed by atoms with E-state index in [0.29, 0.717) is 0 Å². The average Bonchev–Trinajstić information content (AvgIpc) is 2.81. The predicted molar refractivity (Wildman–Crippen MR) is 75.8 cm³/mol. The van der Waals surface area contributed by atoms with E-state index in [1.807, 2.05) is 0 Å². The Labute approximate surface area is 223 Å². The molecule has 0 saturated carbocycles. The highest BCUT2D eigenvalue weighted by molar-refractivity contribution is 5.21. The Morgan fingerprint density at radius 1 is 0.267 bits per heavy atom. The van der Waals surface area contributed by atoms with Crippen molar-refractivity contribution in [2.75, 3.05) is 0 Å². The van der Waals surface area contributed by atoms with Crippen molar-refractivity contribution in [3.8, 4) is 0 Å². The number of halogens is 30. The first-order valence-electron chi connectivity index (χ1n) is 9.27. The van der Waals surface area contributed by atoms with Crippen LogP contribution in [0.4, 0.5) is 132 Å². The summed E-state index contributed by atoms with van der Waals surface area (Å²) in [5.41, 5.74) is 0. The van der Waals surface area contributed by atoms with Gasteiger partial charge in [0.2, 0.25) is 0 Å². The van der Waals surface area contributed by atoms with Crippen molar-refractivity contribution in [2.24, 2.45) is 0 Å². The summed E-state index contributed by atoms with van der Waals surface area (Å²) in [7, 11) is 0. The van der Waals surface area contributed by atoms with Crippen molar-refractivity contribution in [1.82, 2.24) is 0 Å². The van der Waals surface area contributed by atoms with Gasteiger partial charge in [0.1, 0.15) is 0 Å². The molecule has 0 fully saturated rings. The first-order valence-corrected chi connectivity index (χ1v) is 9.27. The van der Waals surface area contributed by atoms with Crippen LogP contribution >= 0.6 is 0 Å². The zero-order valence-corrected chi connectivity index (χ0v) is 18.9. The zero-order valence-electron chi connectivity index (χ0n) is 18.9. The van der Waals surface area contributed by atoms with E-state index in [1.54, 1.807) is 0 Å². The first-order chi connectivity index (χ1) is 18.9. The molecule has 0 spiro atoms. The second-order valence-electron chi connectivity index (χ2n) is 8.08. The van der Waals surface area contributed by atoms with Gasteiger partial charge in [-0.3, -0.25) is 0 Å². The summed E-state index contributed by atoms with van der Waals surface area (Å²) < 4.78 is 393. The minimum absolute atomic E-state index is 5.49. The highest BCUT2D eigenvalue weighted by Gasteiger charge is 3.00. The Bertz CT molecular complexity index is 977. The van der Waals surface area contributed by atoms with E-state index in [0.717, 1.165) is 0 Å². The Balaban J connectivity index is 7.52. The van der Waals surface area contributed by atoms with Crippen LogP contribution in [0, 0.1) is 6.43 Å². The van der Waals surface area contributed by atoms with Crippen molar-refractivity contribution in [2.45, 2.75) is 83.4 Å². The predicted octanol–water partition coefficient (Wildman–Crippen LogP) is 9.94. The summed E-state index contributed by atoms with van der Waals surface area (Å²) in [6, 6.07) is 0. The van der Waals surface area contributed by atoms with Crippen LogP contribution in [0.1, 0.15) is 0 Å². The number of rotatable bonds is 14. The second-order valence-corrected chi connectivity index (χ2v) is 8.08. The quantitative estimate of drug-likeness (QED) is 0.155. The lowest BCUT2D eigenvalue weighted by molar-refractivity contribution is -0.483. The molecule has 0 aliphatic carbocycles. The van der Waals surface area contributed by atoms with Gasteiger partial charge >= 0.3 is 89.8 Å². The van der Waals surface area contributed by atoms with Crippen molar-refractivity contribution in [3.63, 3.8) is 0 Å². The number of alkyl halides is 28. The van der Waals surface area contributed by atoms with Gasteiger partial charge in [0, 0.05) is 0 Å². The van der Waals surface area contributed by atoms with E-state index in [4.69, 9.17) is 0 Å². The molecule has 0 unspecified atom stereocenters. The molecule has 0 saturated heterocycles. The second kappa shape index (κ2) is 10.4. The molecule has 0 rings (SSSR count). The molecule has 271 valence electrons. The van der Waals surface area contributed by atoms with E-state index in [9.17, 15) is 132 Å². The van der Waals surface area contributed by atoms with Gasteiger partial charge in [0.05, 0.1) is 0 Å². The molecule has 0 aliphatic heterocycles. The molecule has 0 bridgehead atoms. The maximum absolute atomic E-state index is 13.6. The monoisotopic (exact) mass is 751 g/mol. The molecule has 0 heterocycles. The summed E-state index contributed by atoms with van der Waals surface area (Å²) in [5.74, 6) is -122. The minimum atomic E-state index is -9.96. The Kier molecular flexibility index (Phi) is 9.96. The van der Waals surface area contributed by atoms with Crippen molar-refractivity contribution in [3.05, 3.63) is 6.43 Å². The highest BCUT2D eigenvalue weighted by atomic mass is 19.4. The lowest BCUT2D eigenvalue weighted by Gasteiger charge is -2.46. The molecule has 1 radical (unpaired) electrons. The fourth-order valence-corrected chi connectivity index (χ4v) is 2.44. The minimum Gasteiger partial charge on any atom is -0.203 e. The van der Waals surface area contributed by atoms with Gasteiger partial charge in [-0.25, -0.2) is 8.78 Å². The van der Waals surface area contributed by atoms with Crippen LogP contribution in [0.2, 0.25) is 0 Å². The van der Waals surface area contributed by atoms with Crippen molar-refractivity contribution in [1.29, 1.82) is 0 Å². The molecule has 0 aromatic heterocycles. The number of hydrogen-bond acceptors (Lipinski definition) is 0. The fraction of sp³-hybridized carbons (Fsp3) is 0.933. The van der Waals surface area contributed by atoms with Crippen LogP contribution < -0.4 is 0 Å². The third kappa shape index (κ3) is 4.80. The zero-order chi connectivity index (χ0) is 37.7. The Hall–Kier alpha value is -2.10. The van der Waals surface area contributed by atoms with E-state index < -0.39 is 89.8 Å². The largest absolute Gasteiger partial charge is 0.385 e. The summed E-state index contributed by atoms with van der Waals surface area (Å²) in [6.45, 7) is 0. The average molecular weight is 751 g/mol. The van der Waals surface area contributed by atoms with Gasteiger partial charge in [-0.1, -0.05) is 0 Å². The Morgan fingerprint density at radius 3 is 0.578 bits per heavy atom. The summed E-state index contributed by atoms with van der Waals surface area (Å²) in [5, 5.41) is 0. The lowest BCUT2D eigenvalue weighted by atomic mass is 9.83. The molecule has 30 heteroatoms. The third-order valence-electron chi connectivity index (χ3n) is 5.27. The molecular formula is C15HF30. The SMILES string of the molecule is F[C](F)C(F)(F)C(F)(F)C(F)(F)C(F)(F)C(F)(F)C(F)(F)C(F)(F)C(F)(F)C(F)(F)C(F)(F)C(F)(F)C(F)(F)C(F)(F)C(F)F. The molecule has 0 N–H and O–H groups in total. The van der Waals surface area contributed by atoms with Crippen LogP contribution in [0.3, 0.4) is 0 Å². The van der Waals surface area contributed by atoms with E-state index in [1.165, 1.54) is 0 Å². The fourth-order valence-electron chi connectivity index (χ4n) is 2.44. The van der Waals surface area contributed by atoms with E-state index in [2.05, 4.69) is 0 Å². The summed E-state index contributed by atoms with van der Waals surface area (Å²) >= 11 is 0. The van der Waals surface area contributed by atoms with Crippen molar-refractivity contribution < 1.29 is 132 Å². The molecule has 0 atom stereocenters. The molecular weight excluding hydrogens is 750 g/mol. The first kappa shape index (κ1) is 42.9. The normalized spacial score (nSPS) is 17.1. The van der Waals surface area contributed by atoms with Gasteiger partial charge in [0.15, 0.2) is 0 Å². The van der Waals surface area contributed by atoms with Crippen LogP contribution in [-0.4, -0.2) is 83.4 Å². The Morgan fingerprint density at radius 2 is 0.422 bits per heavy atom. The maximum atomic E-state index is 13.6. The smallest absolute Gasteiger partial charge is 0.203 e. The maximum Gasteiger partial charge on any atom is 0.385 e. The van der Waals surface area contributed by atoms with Gasteiger partial charge in [-0.15, -0.1) is 0 Å². The standard InChI is InChI=1S/C15HF30/c16-1(17)3(20,21)5(24,25)7(28,29)9(32,33)11(36,37)13(40,41)15(44,45)14(42,43)12(38,39)10(34,35)8(30,31)6(26,27)4(22,23)2(18)19/h1H. The van der Waals surface area contributed by atoms with Crippen LogP contribution in [0.15, 0.2) is 0 Å². The van der Waals surface area contributed by atoms with Gasteiger partial charge in [-0.05, 0) is 0 Å². The van der Waals surface area contributed by atoms with E-state index in [-0.39, 0.29) is 0 Å². The summed E-state index contributed by atoms with van der Waals surface area (Å²) in [4.78, 5) is 0. The van der Waals surface area contributed by atoms with Gasteiger partial charge in [-0.2, -0.15) is 123 Å². The molecule has 0 nitrogen and oxygen atoms in total. The molecule has 0 amide bonds. The molecule has 0 aromatic rings. The molecule has 0 aliphatic rings. The van der Waals surface area contributed by atoms with Gasteiger partial charge in [0.25, 0.3) is 0 Å². The van der Waals surface area contributed by atoms with Crippen LogP contribution in [0.5, 0.6) is 0 Å². The van der Waals surface area contributed by atoms with Crippen LogP contribution in [0.25, 0.3) is 0 Å². The highest BCUT2D eigenvalue weighted by Crippen LogP contribution is 2.68. The summed E-state index contributed by atoms with van der Waals surface area (Å²) in [6.07, 6.45) is -11.9. The van der Waals surface area contributed by atoms with E-state index >= 15 is 0 Å². The van der Waals surface area contributed by atoms with Gasteiger partial charge < -0.3 is 0 Å². The topological polar surface area (TPSA) is 0 Å². The van der Waals surface area contributed by atoms with Crippen molar-refractivity contribution >= 4 is 0 Å². The number of hydrogen-bond donors (Lipinski definition) is 0. The molecule has 45 heavy (non-hydrogen) atoms. The lowest BCUT2D eigenvalue weighted by Crippen LogP contribution is -2.79. The third-order valence-corrected chi connectivity index (χ3v) is 5.27.